The Morgan fingerprint density at radius 1 is 1.31 bits per heavy atom. The maximum Gasteiger partial charge on any atom is 0.0662 e. The van der Waals surface area contributed by atoms with Gasteiger partial charge in [0.2, 0.25) is 0 Å². The molecule has 0 saturated heterocycles. The lowest BCUT2D eigenvalue weighted by Crippen LogP contribution is -1.98. The Morgan fingerprint density at radius 2 is 1.85 bits per heavy atom. The van der Waals surface area contributed by atoms with E-state index < -0.39 is 0 Å². The maximum absolute atomic E-state index is 7.62. The van der Waals surface area contributed by atoms with Crippen molar-refractivity contribution in [1.29, 1.82) is 0 Å². The Labute approximate surface area is 81.0 Å². The lowest BCUT2D eigenvalue weighted by atomic mass is 10.1. The van der Waals surface area contributed by atoms with Crippen LogP contribution in [0, 0.1) is 5.92 Å². The fourth-order valence-electron chi connectivity index (χ4n) is 0.486. The number of hydrogen-bond donors (Lipinski definition) is 2. The number of ether oxygens (including phenoxy) is 1. The van der Waals surface area contributed by atoms with Crippen molar-refractivity contribution in [3.63, 3.8) is 0 Å². The van der Waals surface area contributed by atoms with E-state index >= 15 is 0 Å². The van der Waals surface area contributed by atoms with Crippen LogP contribution in [0.15, 0.2) is 12.7 Å². The zero-order valence-electron chi connectivity index (χ0n) is 8.70. The van der Waals surface area contributed by atoms with Gasteiger partial charge in [-0.05, 0) is 12.3 Å². The molecule has 0 radical (unpaired) electrons. The van der Waals surface area contributed by atoms with E-state index in [0.29, 0.717) is 6.61 Å². The first-order valence-electron chi connectivity index (χ1n) is 4.59. The van der Waals surface area contributed by atoms with E-state index in [1.54, 1.807) is 6.08 Å². The molecule has 0 bridgehead atoms. The molecule has 0 saturated carbocycles. The van der Waals surface area contributed by atoms with Gasteiger partial charge in [0.05, 0.1) is 19.8 Å². The van der Waals surface area contributed by atoms with Gasteiger partial charge in [-0.15, -0.1) is 6.58 Å². The van der Waals surface area contributed by atoms with Gasteiger partial charge in [0, 0.05) is 6.61 Å². The van der Waals surface area contributed by atoms with Crippen LogP contribution in [0.3, 0.4) is 0 Å². The summed E-state index contributed by atoms with van der Waals surface area (Å²) in [6, 6.07) is 0. The normalized spacial score (nSPS) is 9.31. The van der Waals surface area contributed by atoms with Gasteiger partial charge in [0.25, 0.3) is 0 Å². The minimum Gasteiger partial charge on any atom is -0.394 e. The first-order valence-corrected chi connectivity index (χ1v) is 4.59. The molecule has 0 unspecified atom stereocenters. The second kappa shape index (κ2) is 14.2. The van der Waals surface area contributed by atoms with Crippen LogP contribution in [0.25, 0.3) is 0 Å². The van der Waals surface area contributed by atoms with E-state index in [-0.39, 0.29) is 13.2 Å². The average Bonchev–Trinajstić information content (AvgIpc) is 2.13. The molecule has 13 heavy (non-hydrogen) atoms. The number of aliphatic hydroxyl groups excluding tert-OH is 2. The van der Waals surface area contributed by atoms with Gasteiger partial charge < -0.3 is 14.9 Å². The Kier molecular flexibility index (Phi) is 16.5. The van der Waals surface area contributed by atoms with Crippen LogP contribution < -0.4 is 0 Å². The number of hydrogen-bond acceptors (Lipinski definition) is 3. The highest BCUT2D eigenvalue weighted by Gasteiger charge is 1.90. The van der Waals surface area contributed by atoms with Gasteiger partial charge in [-0.2, -0.15) is 0 Å². The van der Waals surface area contributed by atoms with Crippen molar-refractivity contribution < 1.29 is 14.9 Å². The Bertz CT molecular complexity index is 90.2. The molecule has 0 fully saturated rings. The van der Waals surface area contributed by atoms with E-state index in [2.05, 4.69) is 20.4 Å². The average molecular weight is 190 g/mol. The summed E-state index contributed by atoms with van der Waals surface area (Å²) in [7, 11) is 0. The Morgan fingerprint density at radius 3 is 2.15 bits per heavy atom. The first kappa shape index (κ1) is 15.1. The predicted molar refractivity (Wildman–Crippen MR) is 54.6 cm³/mol. The minimum atomic E-state index is -0.125. The molecule has 0 aromatic carbocycles. The summed E-state index contributed by atoms with van der Waals surface area (Å²) in [6.07, 6.45) is 2.92. The molecule has 0 aliphatic heterocycles. The Balaban J connectivity index is 0. The summed E-state index contributed by atoms with van der Waals surface area (Å²) < 4.78 is 5.18. The lowest BCUT2D eigenvalue weighted by molar-refractivity contribution is 0.150. The monoisotopic (exact) mass is 190 g/mol. The van der Waals surface area contributed by atoms with E-state index in [9.17, 15) is 0 Å². The first-order chi connectivity index (χ1) is 6.18. The third-order valence-electron chi connectivity index (χ3n) is 1.18. The third kappa shape index (κ3) is 24.5. The van der Waals surface area contributed by atoms with Crippen molar-refractivity contribution in [2.75, 3.05) is 26.4 Å². The molecule has 0 heterocycles. The summed E-state index contributed by atoms with van der Waals surface area (Å²) >= 11 is 0. The number of aliphatic hydroxyl groups is 2. The molecule has 80 valence electrons. The van der Waals surface area contributed by atoms with Gasteiger partial charge in [-0.1, -0.05) is 19.9 Å². The van der Waals surface area contributed by atoms with Crippen LogP contribution in [0.5, 0.6) is 0 Å². The highest BCUT2D eigenvalue weighted by atomic mass is 16.5. The summed E-state index contributed by atoms with van der Waals surface area (Å²) in [5, 5.41) is 15.2. The number of rotatable bonds is 6. The maximum atomic E-state index is 7.62. The quantitative estimate of drug-likeness (QED) is 0.489. The molecule has 0 atom stereocenters. The van der Waals surface area contributed by atoms with Crippen molar-refractivity contribution in [3.8, 4) is 0 Å². The molecular weight excluding hydrogens is 168 g/mol. The summed E-state index contributed by atoms with van der Waals surface area (Å²) in [5.74, 6) is 0.745. The molecule has 0 aliphatic rings. The molecule has 3 nitrogen and oxygen atoms in total. The van der Waals surface area contributed by atoms with E-state index in [1.165, 1.54) is 0 Å². The topological polar surface area (TPSA) is 49.7 Å². The zero-order chi connectivity index (χ0) is 10.5. The van der Waals surface area contributed by atoms with E-state index in [1.807, 2.05) is 0 Å². The third-order valence-corrected chi connectivity index (χ3v) is 1.18. The van der Waals surface area contributed by atoms with Crippen LogP contribution in [0.2, 0.25) is 0 Å². The largest absolute Gasteiger partial charge is 0.394 e. The summed E-state index contributed by atoms with van der Waals surface area (Å²) in [4.78, 5) is 0. The summed E-state index contributed by atoms with van der Waals surface area (Å²) in [6.45, 7) is 9.24. The van der Waals surface area contributed by atoms with Crippen LogP contribution in [0.1, 0.15) is 20.3 Å². The highest BCUT2D eigenvalue weighted by molar-refractivity contribution is 4.63. The molecule has 0 aliphatic carbocycles. The molecule has 0 spiro atoms. The smallest absolute Gasteiger partial charge is 0.0662 e. The molecule has 0 aromatic heterocycles. The fraction of sp³-hybridized carbons (Fsp3) is 0.800. The SMILES string of the molecule is C=CCOCCC(C)C.OCCO. The highest BCUT2D eigenvalue weighted by Crippen LogP contribution is 1.98. The standard InChI is InChI=1S/C8H16O.C2H6O2/c1-4-6-9-7-5-8(2)3;3-1-2-4/h4,8H,1,5-7H2,2-3H3;3-4H,1-2H2. The van der Waals surface area contributed by atoms with Crippen molar-refractivity contribution in [3.05, 3.63) is 12.7 Å². The second-order valence-corrected chi connectivity index (χ2v) is 2.99. The predicted octanol–water partition coefficient (Wildman–Crippen LogP) is 1.21. The van der Waals surface area contributed by atoms with Crippen molar-refractivity contribution >= 4 is 0 Å². The van der Waals surface area contributed by atoms with Gasteiger partial charge in [-0.25, -0.2) is 0 Å². The van der Waals surface area contributed by atoms with Crippen molar-refractivity contribution in [2.24, 2.45) is 5.92 Å². The van der Waals surface area contributed by atoms with Gasteiger partial charge in [-0.3, -0.25) is 0 Å². The van der Waals surface area contributed by atoms with E-state index in [4.69, 9.17) is 14.9 Å². The van der Waals surface area contributed by atoms with Crippen LogP contribution >= 0.6 is 0 Å². The minimum absolute atomic E-state index is 0.125. The molecule has 0 aromatic rings. The molecule has 0 rings (SSSR count). The fourth-order valence-corrected chi connectivity index (χ4v) is 0.486. The van der Waals surface area contributed by atoms with Gasteiger partial charge in [0.1, 0.15) is 0 Å². The molecule has 2 N–H and O–H groups in total. The molecular formula is C10H22O3. The van der Waals surface area contributed by atoms with Crippen molar-refractivity contribution in [1.82, 2.24) is 0 Å². The zero-order valence-corrected chi connectivity index (χ0v) is 8.70. The molecule has 3 heteroatoms. The van der Waals surface area contributed by atoms with Crippen LogP contribution in [-0.4, -0.2) is 36.6 Å². The second-order valence-electron chi connectivity index (χ2n) is 2.99. The lowest BCUT2D eigenvalue weighted by Gasteiger charge is -2.02. The van der Waals surface area contributed by atoms with E-state index in [0.717, 1.165) is 18.9 Å². The molecule has 0 amide bonds. The van der Waals surface area contributed by atoms with Crippen LogP contribution in [-0.2, 0) is 4.74 Å². The summed E-state index contributed by atoms with van der Waals surface area (Å²) in [5.41, 5.74) is 0. The van der Waals surface area contributed by atoms with Gasteiger partial charge in [0.15, 0.2) is 0 Å². The van der Waals surface area contributed by atoms with Gasteiger partial charge >= 0.3 is 0 Å². The van der Waals surface area contributed by atoms with Crippen molar-refractivity contribution in [2.45, 2.75) is 20.3 Å². The van der Waals surface area contributed by atoms with Crippen LogP contribution in [0.4, 0.5) is 0 Å². The Hall–Kier alpha value is -0.380.